The first-order valence-corrected chi connectivity index (χ1v) is 7.71. The SMILES string of the molecule is CC1Cc2ccccc2N(C(=O)c2cccc(F)c2Br)C1. The minimum atomic E-state index is -0.417. The smallest absolute Gasteiger partial charge is 0.259 e. The molecule has 2 aromatic carbocycles. The van der Waals surface area contributed by atoms with Gasteiger partial charge in [0.05, 0.1) is 10.0 Å². The van der Waals surface area contributed by atoms with Crippen LogP contribution in [0.25, 0.3) is 0 Å². The Morgan fingerprint density at radius 3 is 2.81 bits per heavy atom. The third-order valence-electron chi connectivity index (χ3n) is 3.77. The highest BCUT2D eigenvalue weighted by molar-refractivity contribution is 9.10. The number of amides is 1. The number of rotatable bonds is 1. The highest BCUT2D eigenvalue weighted by atomic mass is 79.9. The van der Waals surface area contributed by atoms with Crippen LogP contribution in [0.3, 0.4) is 0 Å². The van der Waals surface area contributed by atoms with Crippen LogP contribution in [0.2, 0.25) is 0 Å². The summed E-state index contributed by atoms with van der Waals surface area (Å²) in [6.45, 7) is 2.77. The quantitative estimate of drug-likeness (QED) is 0.747. The van der Waals surface area contributed by atoms with Gasteiger partial charge in [-0.2, -0.15) is 0 Å². The molecule has 2 nitrogen and oxygen atoms in total. The van der Waals surface area contributed by atoms with Crippen LogP contribution >= 0.6 is 15.9 Å². The molecular weight excluding hydrogens is 333 g/mol. The van der Waals surface area contributed by atoms with Gasteiger partial charge in [0.25, 0.3) is 5.91 Å². The number of carbonyl (C=O) groups is 1. The number of fused-ring (bicyclic) bond motifs is 1. The molecule has 2 aromatic rings. The molecule has 0 bridgehead atoms. The Hall–Kier alpha value is -1.68. The normalized spacial score (nSPS) is 17.5. The summed E-state index contributed by atoms with van der Waals surface area (Å²) in [5.41, 5.74) is 2.45. The van der Waals surface area contributed by atoms with E-state index in [0.29, 0.717) is 18.0 Å². The summed E-state index contributed by atoms with van der Waals surface area (Å²) in [7, 11) is 0. The van der Waals surface area contributed by atoms with Gasteiger partial charge in [-0.05, 0) is 52.0 Å². The van der Waals surface area contributed by atoms with Gasteiger partial charge in [0.2, 0.25) is 0 Å². The summed E-state index contributed by atoms with van der Waals surface area (Å²) in [5, 5.41) is 0. The fraction of sp³-hybridized carbons (Fsp3) is 0.235. The third-order valence-corrected chi connectivity index (χ3v) is 4.58. The lowest BCUT2D eigenvalue weighted by Gasteiger charge is -2.33. The van der Waals surface area contributed by atoms with Crippen LogP contribution in [-0.2, 0) is 6.42 Å². The van der Waals surface area contributed by atoms with Crippen molar-refractivity contribution in [1.82, 2.24) is 0 Å². The van der Waals surface area contributed by atoms with Crippen molar-refractivity contribution in [3.63, 3.8) is 0 Å². The van der Waals surface area contributed by atoms with Crippen molar-refractivity contribution in [2.45, 2.75) is 13.3 Å². The van der Waals surface area contributed by atoms with E-state index in [1.807, 2.05) is 24.3 Å². The van der Waals surface area contributed by atoms with Crippen molar-refractivity contribution in [2.24, 2.45) is 5.92 Å². The lowest BCUT2D eigenvalue weighted by molar-refractivity contribution is 0.0979. The second-order valence-electron chi connectivity index (χ2n) is 5.46. The van der Waals surface area contributed by atoms with Gasteiger partial charge in [0.1, 0.15) is 5.82 Å². The molecule has 1 unspecified atom stereocenters. The second kappa shape index (κ2) is 5.60. The molecule has 0 saturated heterocycles. The van der Waals surface area contributed by atoms with E-state index in [9.17, 15) is 9.18 Å². The van der Waals surface area contributed by atoms with Crippen molar-refractivity contribution in [2.75, 3.05) is 11.4 Å². The first-order chi connectivity index (χ1) is 10.1. The Morgan fingerprint density at radius 2 is 2.00 bits per heavy atom. The summed E-state index contributed by atoms with van der Waals surface area (Å²) in [6.07, 6.45) is 0.963. The van der Waals surface area contributed by atoms with Gasteiger partial charge in [-0.15, -0.1) is 0 Å². The average Bonchev–Trinajstić information content (AvgIpc) is 2.48. The molecule has 3 rings (SSSR count). The lowest BCUT2D eigenvalue weighted by Crippen LogP contribution is -2.39. The van der Waals surface area contributed by atoms with Gasteiger partial charge >= 0.3 is 0 Å². The van der Waals surface area contributed by atoms with Crippen LogP contribution in [0.1, 0.15) is 22.8 Å². The first kappa shape index (κ1) is 14.3. The number of anilines is 1. The maximum absolute atomic E-state index is 13.7. The summed E-state index contributed by atoms with van der Waals surface area (Å²) in [4.78, 5) is 14.6. The fourth-order valence-corrected chi connectivity index (χ4v) is 3.24. The Bertz CT molecular complexity index is 701. The van der Waals surface area contributed by atoms with Crippen LogP contribution in [0.4, 0.5) is 10.1 Å². The van der Waals surface area contributed by atoms with Crippen LogP contribution in [0, 0.1) is 11.7 Å². The van der Waals surface area contributed by atoms with Crippen molar-refractivity contribution in [1.29, 1.82) is 0 Å². The van der Waals surface area contributed by atoms with Crippen LogP contribution in [0.15, 0.2) is 46.9 Å². The molecule has 1 amide bonds. The minimum Gasteiger partial charge on any atom is -0.308 e. The molecule has 0 saturated carbocycles. The number of hydrogen-bond donors (Lipinski definition) is 0. The zero-order chi connectivity index (χ0) is 15.0. The standard InChI is InChI=1S/C17H15BrFNO/c1-11-9-12-5-2-3-8-15(12)20(10-11)17(21)13-6-4-7-14(19)16(13)18/h2-8,11H,9-10H2,1H3. The van der Waals surface area contributed by atoms with E-state index < -0.39 is 5.82 Å². The number of halogens is 2. The summed E-state index contributed by atoms with van der Waals surface area (Å²) in [6, 6.07) is 12.5. The van der Waals surface area contributed by atoms with E-state index in [1.54, 1.807) is 17.0 Å². The molecular formula is C17H15BrFNO. The van der Waals surface area contributed by atoms with E-state index in [-0.39, 0.29) is 10.4 Å². The number of nitrogens with zero attached hydrogens (tertiary/aromatic N) is 1. The number of benzene rings is 2. The Labute approximate surface area is 131 Å². The van der Waals surface area contributed by atoms with E-state index in [0.717, 1.165) is 17.7 Å². The molecule has 108 valence electrons. The maximum Gasteiger partial charge on any atom is 0.259 e. The zero-order valence-corrected chi connectivity index (χ0v) is 13.2. The minimum absolute atomic E-state index is 0.166. The predicted molar refractivity (Wildman–Crippen MR) is 85.1 cm³/mol. The largest absolute Gasteiger partial charge is 0.308 e. The van der Waals surface area contributed by atoms with Gasteiger partial charge in [-0.25, -0.2) is 4.39 Å². The molecule has 1 aliphatic rings. The highest BCUT2D eigenvalue weighted by Gasteiger charge is 2.28. The zero-order valence-electron chi connectivity index (χ0n) is 11.6. The number of carbonyl (C=O) groups excluding carboxylic acids is 1. The molecule has 0 aromatic heterocycles. The van der Waals surface area contributed by atoms with Crippen molar-refractivity contribution >= 4 is 27.5 Å². The van der Waals surface area contributed by atoms with Gasteiger partial charge < -0.3 is 4.90 Å². The molecule has 0 aliphatic carbocycles. The van der Waals surface area contributed by atoms with Crippen LogP contribution in [-0.4, -0.2) is 12.5 Å². The van der Waals surface area contributed by atoms with Gasteiger partial charge in [0, 0.05) is 12.2 Å². The average molecular weight is 348 g/mol. The summed E-state index contributed by atoms with van der Waals surface area (Å²) >= 11 is 3.18. The van der Waals surface area contributed by atoms with Crippen molar-refractivity contribution in [3.8, 4) is 0 Å². The molecule has 0 radical (unpaired) electrons. The molecule has 1 atom stereocenters. The van der Waals surface area contributed by atoms with Gasteiger partial charge in [0.15, 0.2) is 0 Å². The van der Waals surface area contributed by atoms with E-state index in [4.69, 9.17) is 0 Å². The molecule has 1 heterocycles. The summed E-state index contributed by atoms with van der Waals surface area (Å²) in [5.74, 6) is -0.198. The predicted octanol–water partition coefficient (Wildman–Crippen LogP) is 4.43. The van der Waals surface area contributed by atoms with E-state index in [1.165, 1.54) is 6.07 Å². The molecule has 0 spiro atoms. The van der Waals surface area contributed by atoms with Gasteiger partial charge in [-0.1, -0.05) is 31.2 Å². The Morgan fingerprint density at radius 1 is 1.24 bits per heavy atom. The molecule has 21 heavy (non-hydrogen) atoms. The summed E-state index contributed by atoms with van der Waals surface area (Å²) < 4.78 is 13.9. The first-order valence-electron chi connectivity index (χ1n) is 6.91. The molecule has 0 N–H and O–H groups in total. The van der Waals surface area contributed by atoms with Crippen LogP contribution < -0.4 is 4.90 Å². The lowest BCUT2D eigenvalue weighted by atomic mass is 9.93. The Kier molecular flexibility index (Phi) is 3.81. The molecule has 4 heteroatoms. The van der Waals surface area contributed by atoms with Crippen LogP contribution in [0.5, 0.6) is 0 Å². The van der Waals surface area contributed by atoms with E-state index in [2.05, 4.69) is 22.9 Å². The molecule has 1 aliphatic heterocycles. The Balaban J connectivity index is 2.04. The third kappa shape index (κ3) is 2.60. The van der Waals surface area contributed by atoms with Crippen molar-refractivity contribution in [3.05, 3.63) is 63.9 Å². The topological polar surface area (TPSA) is 20.3 Å². The molecule has 0 fully saturated rings. The monoisotopic (exact) mass is 347 g/mol. The van der Waals surface area contributed by atoms with E-state index >= 15 is 0 Å². The number of para-hydroxylation sites is 1. The maximum atomic E-state index is 13.7. The number of hydrogen-bond acceptors (Lipinski definition) is 1. The highest BCUT2D eigenvalue weighted by Crippen LogP contribution is 2.32. The van der Waals surface area contributed by atoms with Crippen molar-refractivity contribution < 1.29 is 9.18 Å². The van der Waals surface area contributed by atoms with Gasteiger partial charge in [-0.3, -0.25) is 4.79 Å². The second-order valence-corrected chi connectivity index (χ2v) is 6.25. The fourth-order valence-electron chi connectivity index (χ4n) is 2.80.